The van der Waals surface area contributed by atoms with Crippen molar-refractivity contribution in [2.45, 2.75) is 18.1 Å². The monoisotopic (exact) mass is 335 g/mol. The van der Waals surface area contributed by atoms with Gasteiger partial charge in [-0.1, -0.05) is 23.4 Å². The van der Waals surface area contributed by atoms with Crippen molar-refractivity contribution in [2.75, 3.05) is 5.75 Å². The standard InChI is InChI=1S/C12H9ClF3N3OS/c1-6(18)8(3-17)10(20)5-21-11-9(13)2-7(4-19-11)12(14,15)16/h2,4H,5,18H2,1H3. The molecule has 0 spiro atoms. The third-order valence-electron chi connectivity index (χ3n) is 2.26. The first kappa shape index (κ1) is 17.3. The molecule has 0 aliphatic rings. The van der Waals surface area contributed by atoms with E-state index in [0.717, 1.165) is 17.8 Å². The fourth-order valence-corrected chi connectivity index (χ4v) is 2.33. The Morgan fingerprint density at radius 1 is 1.57 bits per heavy atom. The van der Waals surface area contributed by atoms with Crippen LogP contribution in [0, 0.1) is 11.3 Å². The number of carbonyl (C=O) groups excluding carboxylic acids is 1. The lowest BCUT2D eigenvalue weighted by Gasteiger charge is -2.08. The molecule has 0 bridgehead atoms. The molecule has 0 aliphatic heterocycles. The smallest absolute Gasteiger partial charge is 0.401 e. The number of hydrogen-bond acceptors (Lipinski definition) is 5. The maximum atomic E-state index is 12.4. The molecule has 0 aromatic carbocycles. The number of rotatable bonds is 4. The van der Waals surface area contributed by atoms with Gasteiger partial charge in [-0.25, -0.2) is 4.98 Å². The van der Waals surface area contributed by atoms with Gasteiger partial charge in [0.25, 0.3) is 0 Å². The molecule has 0 fully saturated rings. The van der Waals surface area contributed by atoms with Crippen LogP contribution in [0.15, 0.2) is 28.6 Å². The Morgan fingerprint density at radius 3 is 2.62 bits per heavy atom. The lowest BCUT2D eigenvalue weighted by Crippen LogP contribution is -2.10. The van der Waals surface area contributed by atoms with E-state index in [1.165, 1.54) is 6.92 Å². The van der Waals surface area contributed by atoms with Gasteiger partial charge in [0.15, 0.2) is 5.78 Å². The third kappa shape index (κ3) is 4.65. The van der Waals surface area contributed by atoms with Crippen molar-refractivity contribution in [2.24, 2.45) is 5.73 Å². The fourth-order valence-electron chi connectivity index (χ4n) is 1.26. The average Bonchev–Trinajstić information content (AvgIpc) is 2.36. The number of halogens is 4. The largest absolute Gasteiger partial charge is 0.417 e. The van der Waals surface area contributed by atoms with Gasteiger partial charge < -0.3 is 5.73 Å². The van der Waals surface area contributed by atoms with Crippen molar-refractivity contribution >= 4 is 29.1 Å². The third-order valence-corrected chi connectivity index (χ3v) is 3.67. The molecule has 112 valence electrons. The van der Waals surface area contributed by atoms with Crippen molar-refractivity contribution in [3.05, 3.63) is 34.1 Å². The summed E-state index contributed by atoms with van der Waals surface area (Å²) in [7, 11) is 0. The number of thioether (sulfide) groups is 1. The molecule has 1 aromatic heterocycles. The first-order chi connectivity index (χ1) is 9.66. The lowest BCUT2D eigenvalue weighted by atomic mass is 10.2. The molecule has 1 heterocycles. The highest BCUT2D eigenvalue weighted by Crippen LogP contribution is 2.33. The highest BCUT2D eigenvalue weighted by atomic mass is 35.5. The van der Waals surface area contributed by atoms with Gasteiger partial charge in [0, 0.05) is 11.9 Å². The Kier molecular flexibility index (Phi) is 5.63. The minimum Gasteiger partial charge on any atom is -0.401 e. The van der Waals surface area contributed by atoms with Gasteiger partial charge >= 0.3 is 6.18 Å². The summed E-state index contributed by atoms with van der Waals surface area (Å²) < 4.78 is 37.3. The van der Waals surface area contributed by atoms with E-state index in [4.69, 9.17) is 22.6 Å². The van der Waals surface area contributed by atoms with Gasteiger partial charge in [-0.15, -0.1) is 0 Å². The highest BCUT2D eigenvalue weighted by molar-refractivity contribution is 8.00. The second-order valence-corrected chi connectivity index (χ2v) is 5.26. The van der Waals surface area contributed by atoms with Crippen molar-refractivity contribution in [1.29, 1.82) is 5.26 Å². The molecule has 9 heteroatoms. The van der Waals surface area contributed by atoms with Crippen LogP contribution < -0.4 is 5.73 Å². The summed E-state index contributed by atoms with van der Waals surface area (Å²) in [5.41, 5.74) is 4.29. The maximum absolute atomic E-state index is 12.4. The first-order valence-corrected chi connectivity index (χ1v) is 6.78. The zero-order valence-electron chi connectivity index (χ0n) is 10.7. The van der Waals surface area contributed by atoms with E-state index in [0.29, 0.717) is 6.20 Å². The fraction of sp³-hybridized carbons (Fsp3) is 0.250. The van der Waals surface area contributed by atoms with E-state index < -0.39 is 17.5 Å². The molecular formula is C12H9ClF3N3OS. The molecule has 0 amide bonds. The molecule has 1 rings (SSSR count). The van der Waals surface area contributed by atoms with Crippen LogP contribution in [0.3, 0.4) is 0 Å². The van der Waals surface area contributed by atoms with Crippen LogP contribution in [0.25, 0.3) is 0 Å². The van der Waals surface area contributed by atoms with Gasteiger partial charge in [0.2, 0.25) is 0 Å². The molecule has 1 aromatic rings. The summed E-state index contributed by atoms with van der Waals surface area (Å²) in [6.45, 7) is 1.41. The Bertz CT molecular complexity index is 634. The summed E-state index contributed by atoms with van der Waals surface area (Å²) >= 11 is 6.53. The number of nitrogens with two attached hydrogens (primary N) is 1. The van der Waals surface area contributed by atoms with E-state index >= 15 is 0 Å². The topological polar surface area (TPSA) is 79.8 Å². The van der Waals surface area contributed by atoms with Gasteiger partial charge in [-0.2, -0.15) is 18.4 Å². The normalized spacial score (nSPS) is 12.6. The quantitative estimate of drug-likeness (QED) is 0.519. The number of hydrogen-bond donors (Lipinski definition) is 1. The predicted molar refractivity (Wildman–Crippen MR) is 72.5 cm³/mol. The predicted octanol–water partition coefficient (Wildman–Crippen LogP) is 3.17. The second kappa shape index (κ2) is 6.83. The van der Waals surface area contributed by atoms with Crippen LogP contribution in [0.2, 0.25) is 5.02 Å². The molecule has 0 aliphatic carbocycles. The SMILES string of the molecule is CC(N)=C(C#N)C(=O)CSc1ncc(C(F)(F)F)cc1Cl. The number of aromatic nitrogens is 1. The van der Waals surface area contributed by atoms with E-state index in [9.17, 15) is 18.0 Å². The average molecular weight is 336 g/mol. The molecule has 0 radical (unpaired) electrons. The van der Waals surface area contributed by atoms with Crippen LogP contribution in [-0.4, -0.2) is 16.5 Å². The first-order valence-electron chi connectivity index (χ1n) is 5.42. The van der Waals surface area contributed by atoms with E-state index in [1.54, 1.807) is 6.07 Å². The van der Waals surface area contributed by atoms with Crippen molar-refractivity contribution in [3.8, 4) is 6.07 Å². The van der Waals surface area contributed by atoms with Crippen LogP contribution in [-0.2, 0) is 11.0 Å². The summed E-state index contributed by atoms with van der Waals surface area (Å²) in [5.74, 6) is -0.740. The number of allylic oxidation sites excluding steroid dienone is 2. The number of carbonyl (C=O) groups is 1. The molecule has 4 nitrogen and oxygen atoms in total. The number of nitriles is 1. The Balaban J connectivity index is 2.85. The van der Waals surface area contributed by atoms with Gasteiger partial charge in [-0.05, 0) is 13.0 Å². The number of pyridine rings is 1. The summed E-state index contributed by atoms with van der Waals surface area (Å²) in [6, 6.07) is 2.40. The molecule has 0 saturated carbocycles. The van der Waals surface area contributed by atoms with E-state index in [-0.39, 0.29) is 27.1 Å². The lowest BCUT2D eigenvalue weighted by molar-refractivity contribution is -0.137. The molecular weight excluding hydrogens is 327 g/mol. The zero-order chi connectivity index (χ0) is 16.2. The van der Waals surface area contributed by atoms with Gasteiger partial charge in [-0.3, -0.25) is 4.79 Å². The van der Waals surface area contributed by atoms with Crippen LogP contribution in [0.5, 0.6) is 0 Å². The molecule has 21 heavy (non-hydrogen) atoms. The Morgan fingerprint density at radius 2 is 2.19 bits per heavy atom. The van der Waals surface area contributed by atoms with Crippen LogP contribution >= 0.6 is 23.4 Å². The zero-order valence-corrected chi connectivity index (χ0v) is 12.2. The van der Waals surface area contributed by atoms with Crippen molar-refractivity contribution in [1.82, 2.24) is 4.98 Å². The Labute approximate surface area is 127 Å². The highest BCUT2D eigenvalue weighted by Gasteiger charge is 2.31. The molecule has 0 atom stereocenters. The second-order valence-electron chi connectivity index (χ2n) is 3.89. The number of alkyl halides is 3. The summed E-state index contributed by atoms with van der Waals surface area (Å²) in [4.78, 5) is 15.3. The number of Topliss-reactive ketones (excluding diaryl/α,β-unsaturated/α-hetero) is 1. The summed E-state index contributed by atoms with van der Waals surface area (Å²) in [5, 5.41) is 8.62. The van der Waals surface area contributed by atoms with Crippen molar-refractivity contribution < 1.29 is 18.0 Å². The minimum atomic E-state index is -4.54. The molecule has 0 saturated heterocycles. The van der Waals surface area contributed by atoms with E-state index in [2.05, 4.69) is 4.98 Å². The van der Waals surface area contributed by atoms with Crippen LogP contribution in [0.4, 0.5) is 13.2 Å². The summed E-state index contributed by atoms with van der Waals surface area (Å²) in [6.07, 6.45) is -3.91. The van der Waals surface area contributed by atoms with Gasteiger partial charge in [0.1, 0.15) is 16.7 Å². The maximum Gasteiger partial charge on any atom is 0.417 e. The van der Waals surface area contributed by atoms with Gasteiger partial charge in [0.05, 0.1) is 16.3 Å². The number of ketones is 1. The molecule has 2 N–H and O–H groups in total. The van der Waals surface area contributed by atoms with E-state index in [1.807, 2.05) is 0 Å². The van der Waals surface area contributed by atoms with Crippen LogP contribution in [0.1, 0.15) is 12.5 Å². The number of nitrogens with zero attached hydrogens (tertiary/aromatic N) is 2. The minimum absolute atomic E-state index is 0.0741. The Hall–Kier alpha value is -1.72. The van der Waals surface area contributed by atoms with Crippen molar-refractivity contribution in [3.63, 3.8) is 0 Å². The molecule has 0 unspecified atom stereocenters.